The summed E-state index contributed by atoms with van der Waals surface area (Å²) in [4.78, 5) is 0. The maximum Gasteiger partial charge on any atom is 0.119 e. The number of benzene rings is 1. The SMILES string of the molecule is N/C=N\N(N)C1CC(Oc2ccc(Br)cc2)C1. The second-order valence-electron chi connectivity index (χ2n) is 3.96. The molecule has 17 heavy (non-hydrogen) atoms. The van der Waals surface area contributed by atoms with Gasteiger partial charge in [-0.3, -0.25) is 0 Å². The fourth-order valence-corrected chi connectivity index (χ4v) is 1.99. The molecule has 6 heteroatoms. The molecule has 2 rings (SSSR count). The van der Waals surface area contributed by atoms with Crippen LogP contribution < -0.4 is 16.3 Å². The van der Waals surface area contributed by atoms with Gasteiger partial charge in [-0.2, -0.15) is 5.10 Å². The highest BCUT2D eigenvalue weighted by atomic mass is 79.9. The molecule has 1 aromatic rings. The smallest absolute Gasteiger partial charge is 0.119 e. The lowest BCUT2D eigenvalue weighted by molar-refractivity contribution is 0.0180. The lowest BCUT2D eigenvalue weighted by Crippen LogP contribution is -2.50. The Morgan fingerprint density at radius 2 is 2.00 bits per heavy atom. The first kappa shape index (κ1) is 12.2. The van der Waals surface area contributed by atoms with Crippen molar-refractivity contribution in [2.24, 2.45) is 16.7 Å². The van der Waals surface area contributed by atoms with Gasteiger partial charge in [0.25, 0.3) is 0 Å². The molecule has 1 aromatic carbocycles. The molecule has 0 atom stereocenters. The van der Waals surface area contributed by atoms with Crippen LogP contribution in [-0.2, 0) is 0 Å². The van der Waals surface area contributed by atoms with E-state index in [9.17, 15) is 0 Å². The van der Waals surface area contributed by atoms with Crippen LogP contribution in [-0.4, -0.2) is 23.6 Å². The summed E-state index contributed by atoms with van der Waals surface area (Å²) in [5.41, 5.74) is 5.17. The second kappa shape index (κ2) is 5.37. The van der Waals surface area contributed by atoms with Gasteiger partial charge in [-0.25, -0.2) is 11.0 Å². The molecular weight excluding hydrogens is 284 g/mol. The van der Waals surface area contributed by atoms with E-state index in [0.29, 0.717) is 0 Å². The molecule has 1 aliphatic rings. The largest absolute Gasteiger partial charge is 0.490 e. The monoisotopic (exact) mass is 298 g/mol. The van der Waals surface area contributed by atoms with Crippen LogP contribution in [0.3, 0.4) is 0 Å². The average molecular weight is 299 g/mol. The predicted octanol–water partition coefficient (Wildman–Crippen LogP) is 1.44. The van der Waals surface area contributed by atoms with E-state index in [1.807, 2.05) is 24.3 Å². The number of nitrogens with zero attached hydrogens (tertiary/aromatic N) is 2. The van der Waals surface area contributed by atoms with Crippen molar-refractivity contribution < 1.29 is 4.74 Å². The van der Waals surface area contributed by atoms with Crippen molar-refractivity contribution in [3.05, 3.63) is 28.7 Å². The summed E-state index contributed by atoms with van der Waals surface area (Å²) in [6, 6.07) is 8.01. The van der Waals surface area contributed by atoms with Crippen LogP contribution in [0.5, 0.6) is 5.75 Å². The molecule has 4 N–H and O–H groups in total. The summed E-state index contributed by atoms with van der Waals surface area (Å²) in [6.45, 7) is 0. The lowest BCUT2D eigenvalue weighted by Gasteiger charge is -2.38. The molecule has 5 nitrogen and oxygen atoms in total. The van der Waals surface area contributed by atoms with Gasteiger partial charge < -0.3 is 10.5 Å². The molecule has 0 spiro atoms. The van der Waals surface area contributed by atoms with Crippen LogP contribution in [0.4, 0.5) is 0 Å². The zero-order chi connectivity index (χ0) is 12.3. The first-order valence-corrected chi connectivity index (χ1v) is 6.18. The molecule has 0 bridgehead atoms. The zero-order valence-corrected chi connectivity index (χ0v) is 10.9. The van der Waals surface area contributed by atoms with E-state index in [0.717, 1.165) is 23.1 Å². The van der Waals surface area contributed by atoms with Gasteiger partial charge in [0.1, 0.15) is 18.2 Å². The minimum Gasteiger partial charge on any atom is -0.490 e. The summed E-state index contributed by atoms with van der Waals surface area (Å²) >= 11 is 3.38. The Bertz CT molecular complexity index is 389. The van der Waals surface area contributed by atoms with Gasteiger partial charge in [-0.15, -0.1) is 0 Å². The van der Waals surface area contributed by atoms with Gasteiger partial charge in [0.15, 0.2) is 0 Å². The van der Waals surface area contributed by atoms with Gasteiger partial charge in [0.2, 0.25) is 0 Å². The Morgan fingerprint density at radius 1 is 1.35 bits per heavy atom. The predicted molar refractivity (Wildman–Crippen MR) is 70.3 cm³/mol. The normalized spacial score (nSPS) is 23.4. The third-order valence-electron chi connectivity index (χ3n) is 2.76. The molecule has 0 aromatic heterocycles. The van der Waals surface area contributed by atoms with E-state index < -0.39 is 0 Å². The van der Waals surface area contributed by atoms with Crippen LogP contribution >= 0.6 is 15.9 Å². The summed E-state index contributed by atoms with van der Waals surface area (Å²) in [7, 11) is 0. The zero-order valence-electron chi connectivity index (χ0n) is 9.29. The van der Waals surface area contributed by atoms with Gasteiger partial charge in [0, 0.05) is 17.3 Å². The van der Waals surface area contributed by atoms with Crippen LogP contribution in [0.25, 0.3) is 0 Å². The Hall–Kier alpha value is -1.27. The fourth-order valence-electron chi connectivity index (χ4n) is 1.73. The van der Waals surface area contributed by atoms with E-state index >= 15 is 0 Å². The summed E-state index contributed by atoms with van der Waals surface area (Å²) < 4.78 is 6.82. The maximum absolute atomic E-state index is 5.78. The van der Waals surface area contributed by atoms with Crippen molar-refractivity contribution in [1.82, 2.24) is 5.12 Å². The number of halogens is 1. The Kier molecular flexibility index (Phi) is 3.86. The van der Waals surface area contributed by atoms with Crippen molar-refractivity contribution >= 4 is 22.3 Å². The number of hydrazine groups is 1. The minimum atomic E-state index is 0.209. The summed E-state index contributed by atoms with van der Waals surface area (Å²) in [6.07, 6.45) is 3.14. The van der Waals surface area contributed by atoms with Crippen molar-refractivity contribution in [2.45, 2.75) is 25.0 Å². The third kappa shape index (κ3) is 3.10. The molecule has 1 saturated carbocycles. The van der Waals surface area contributed by atoms with Crippen LogP contribution in [0.15, 0.2) is 33.8 Å². The molecule has 1 fully saturated rings. The number of hydrogen-bond acceptors (Lipinski definition) is 4. The quantitative estimate of drug-likeness (QED) is 0.382. The number of hydrogen-bond donors (Lipinski definition) is 2. The highest BCUT2D eigenvalue weighted by molar-refractivity contribution is 9.10. The van der Waals surface area contributed by atoms with E-state index in [-0.39, 0.29) is 12.1 Å². The molecule has 0 aliphatic heterocycles. The maximum atomic E-state index is 5.78. The fraction of sp³-hybridized carbons (Fsp3) is 0.364. The van der Waals surface area contributed by atoms with Crippen LogP contribution in [0, 0.1) is 0 Å². The van der Waals surface area contributed by atoms with E-state index in [4.69, 9.17) is 16.3 Å². The van der Waals surface area contributed by atoms with E-state index in [1.54, 1.807) is 0 Å². The van der Waals surface area contributed by atoms with Gasteiger partial charge in [-0.05, 0) is 24.3 Å². The number of ether oxygens (including phenoxy) is 1. The Morgan fingerprint density at radius 3 is 2.59 bits per heavy atom. The van der Waals surface area contributed by atoms with E-state index in [1.165, 1.54) is 11.5 Å². The molecule has 0 radical (unpaired) electrons. The van der Waals surface area contributed by atoms with E-state index in [2.05, 4.69) is 21.0 Å². The first-order chi connectivity index (χ1) is 8.19. The Labute approximate surface area is 109 Å². The third-order valence-corrected chi connectivity index (χ3v) is 3.29. The number of rotatable bonds is 4. The molecule has 0 amide bonds. The van der Waals surface area contributed by atoms with Crippen molar-refractivity contribution in [3.63, 3.8) is 0 Å². The molecule has 1 aliphatic carbocycles. The summed E-state index contributed by atoms with van der Waals surface area (Å²) in [5.74, 6) is 6.54. The summed E-state index contributed by atoms with van der Waals surface area (Å²) in [5, 5.41) is 5.19. The van der Waals surface area contributed by atoms with Crippen LogP contribution in [0.2, 0.25) is 0 Å². The first-order valence-electron chi connectivity index (χ1n) is 5.39. The standard InChI is InChI=1S/C11H15BrN4O/c12-8-1-3-10(4-2-8)17-11-5-9(6-11)16(14)15-7-13/h1-4,7,9,11H,5-6,14H2,(H2,13,15). The van der Waals surface area contributed by atoms with Crippen molar-refractivity contribution in [1.29, 1.82) is 0 Å². The number of nitrogens with two attached hydrogens (primary N) is 2. The van der Waals surface area contributed by atoms with Gasteiger partial charge >= 0.3 is 0 Å². The second-order valence-corrected chi connectivity index (χ2v) is 4.88. The molecule has 0 heterocycles. The Balaban J connectivity index is 1.79. The molecule has 0 unspecified atom stereocenters. The molecule has 92 valence electrons. The van der Waals surface area contributed by atoms with Crippen molar-refractivity contribution in [2.75, 3.05) is 0 Å². The topological polar surface area (TPSA) is 76.9 Å². The molecule has 0 saturated heterocycles. The number of hydrazone groups is 1. The average Bonchev–Trinajstić information content (AvgIpc) is 2.25. The highest BCUT2D eigenvalue weighted by Crippen LogP contribution is 2.29. The van der Waals surface area contributed by atoms with Gasteiger partial charge in [0.05, 0.1) is 6.04 Å². The highest BCUT2D eigenvalue weighted by Gasteiger charge is 2.34. The molecular formula is C11H15BrN4O. The lowest BCUT2D eigenvalue weighted by atomic mass is 9.89. The van der Waals surface area contributed by atoms with Crippen LogP contribution in [0.1, 0.15) is 12.8 Å². The van der Waals surface area contributed by atoms with Crippen molar-refractivity contribution in [3.8, 4) is 5.75 Å². The minimum absolute atomic E-state index is 0.209. The van der Waals surface area contributed by atoms with Gasteiger partial charge in [-0.1, -0.05) is 15.9 Å².